The lowest BCUT2D eigenvalue weighted by Crippen LogP contribution is -2.60. The molecular formula is C10H13FN2O7. The molecule has 0 saturated carbocycles. The normalized spacial score (nSPS) is 34.0. The quantitative estimate of drug-likeness (QED) is 0.398. The molecular weight excluding hydrogens is 279 g/mol. The lowest BCUT2D eigenvalue weighted by molar-refractivity contribution is -0.278. The molecule has 1 fully saturated rings. The highest BCUT2D eigenvalue weighted by Crippen LogP contribution is 2.23. The molecule has 112 valence electrons. The zero-order valence-electron chi connectivity index (χ0n) is 10.0. The second kappa shape index (κ2) is 5.81. The fraction of sp³-hybridized carbons (Fsp3) is 0.600. The van der Waals surface area contributed by atoms with Gasteiger partial charge in [-0.15, -0.1) is 0 Å². The molecule has 9 nitrogen and oxygen atoms in total. The van der Waals surface area contributed by atoms with Crippen LogP contribution in [0.15, 0.2) is 11.0 Å². The predicted octanol–water partition coefficient (Wildman–Crippen LogP) is -2.91. The van der Waals surface area contributed by atoms with Crippen LogP contribution in [0.4, 0.5) is 4.39 Å². The molecule has 1 aromatic heterocycles. The van der Waals surface area contributed by atoms with Gasteiger partial charge < -0.3 is 29.9 Å². The Balaban J connectivity index is 2.19. The number of halogens is 1. The van der Waals surface area contributed by atoms with Crippen LogP contribution < -0.4 is 10.4 Å². The molecule has 0 amide bonds. The molecule has 0 radical (unpaired) electrons. The van der Waals surface area contributed by atoms with Crippen molar-refractivity contribution in [1.29, 1.82) is 0 Å². The summed E-state index contributed by atoms with van der Waals surface area (Å²) in [5, 5.41) is 37.7. The van der Waals surface area contributed by atoms with Crippen molar-refractivity contribution < 1.29 is 34.3 Å². The Kier molecular flexibility index (Phi) is 4.30. The molecule has 1 saturated heterocycles. The molecule has 10 heteroatoms. The molecule has 0 spiro atoms. The standard InChI is InChI=1S/C10H13FN2O7/c11-3-1-12-10(18)13-8(3)20-9-7(17)6(16)5(15)4(2-14)19-9/h1,4-7,9,14-17H,2H2,(H,12,13,18)/t4-,5-,6+,7-,9?/m1/s1. The first-order chi connectivity index (χ1) is 9.43. The largest absolute Gasteiger partial charge is 0.444 e. The molecule has 1 aliphatic rings. The second-order valence-electron chi connectivity index (χ2n) is 4.18. The van der Waals surface area contributed by atoms with Crippen LogP contribution in [0.25, 0.3) is 0 Å². The average molecular weight is 292 g/mol. The van der Waals surface area contributed by atoms with Crippen molar-refractivity contribution in [2.75, 3.05) is 6.61 Å². The maximum atomic E-state index is 13.3. The number of aliphatic hydroxyl groups is 4. The van der Waals surface area contributed by atoms with E-state index >= 15 is 0 Å². The number of rotatable bonds is 3. The number of aliphatic hydroxyl groups excluding tert-OH is 4. The first-order valence-corrected chi connectivity index (χ1v) is 5.66. The minimum Gasteiger partial charge on any atom is -0.444 e. The van der Waals surface area contributed by atoms with Gasteiger partial charge >= 0.3 is 5.69 Å². The van der Waals surface area contributed by atoms with E-state index < -0.39 is 54.7 Å². The summed E-state index contributed by atoms with van der Waals surface area (Å²) < 4.78 is 23.2. The lowest BCUT2D eigenvalue weighted by Gasteiger charge is -2.39. The van der Waals surface area contributed by atoms with Gasteiger partial charge in [0.05, 0.1) is 12.8 Å². The molecule has 2 rings (SSSR count). The zero-order valence-corrected chi connectivity index (χ0v) is 10.0. The minimum absolute atomic E-state index is 0.609. The summed E-state index contributed by atoms with van der Waals surface area (Å²) in [7, 11) is 0. The van der Waals surface area contributed by atoms with Gasteiger partial charge in [0.2, 0.25) is 18.0 Å². The van der Waals surface area contributed by atoms with Gasteiger partial charge in [0.25, 0.3) is 0 Å². The number of ether oxygens (including phenoxy) is 2. The van der Waals surface area contributed by atoms with Crippen LogP contribution in [-0.2, 0) is 4.74 Å². The van der Waals surface area contributed by atoms with E-state index in [1.807, 2.05) is 4.98 Å². The van der Waals surface area contributed by atoms with E-state index in [1.165, 1.54) is 0 Å². The van der Waals surface area contributed by atoms with Gasteiger partial charge in [-0.2, -0.15) is 9.37 Å². The molecule has 1 unspecified atom stereocenters. The number of hydrogen-bond donors (Lipinski definition) is 5. The van der Waals surface area contributed by atoms with E-state index in [0.717, 1.165) is 0 Å². The summed E-state index contributed by atoms with van der Waals surface area (Å²) in [6.07, 6.45) is -7.10. The first-order valence-electron chi connectivity index (χ1n) is 5.66. The van der Waals surface area contributed by atoms with Crippen molar-refractivity contribution in [3.05, 3.63) is 22.5 Å². The van der Waals surface area contributed by atoms with Crippen LogP contribution >= 0.6 is 0 Å². The third kappa shape index (κ3) is 2.78. The van der Waals surface area contributed by atoms with E-state index in [4.69, 9.17) is 14.6 Å². The topological polar surface area (TPSA) is 145 Å². The fourth-order valence-electron chi connectivity index (χ4n) is 1.73. The van der Waals surface area contributed by atoms with Crippen LogP contribution in [0.1, 0.15) is 0 Å². The minimum atomic E-state index is -1.70. The van der Waals surface area contributed by atoms with Crippen molar-refractivity contribution in [2.24, 2.45) is 0 Å². The first kappa shape index (κ1) is 14.8. The molecule has 2 heterocycles. The van der Waals surface area contributed by atoms with E-state index in [1.54, 1.807) is 0 Å². The van der Waals surface area contributed by atoms with Gasteiger partial charge in [-0.1, -0.05) is 0 Å². The van der Waals surface area contributed by atoms with Gasteiger partial charge in [0, 0.05) is 0 Å². The van der Waals surface area contributed by atoms with Crippen LogP contribution in [0.2, 0.25) is 0 Å². The maximum Gasteiger partial charge on any atom is 0.347 e. The Morgan fingerprint density at radius 2 is 2.05 bits per heavy atom. The highest BCUT2D eigenvalue weighted by molar-refractivity contribution is 5.09. The summed E-state index contributed by atoms with van der Waals surface area (Å²) in [5.74, 6) is -1.66. The van der Waals surface area contributed by atoms with Crippen LogP contribution in [0.5, 0.6) is 5.88 Å². The number of hydrogen-bond acceptors (Lipinski definition) is 8. The van der Waals surface area contributed by atoms with Crippen LogP contribution in [0.3, 0.4) is 0 Å². The maximum absolute atomic E-state index is 13.3. The Labute approximate surface area is 111 Å². The molecule has 0 aromatic carbocycles. The smallest absolute Gasteiger partial charge is 0.347 e. The summed E-state index contributed by atoms with van der Waals surface area (Å²) in [6, 6.07) is 0. The van der Waals surface area contributed by atoms with Gasteiger partial charge in [-0.3, -0.25) is 4.98 Å². The van der Waals surface area contributed by atoms with Crippen LogP contribution in [-0.4, -0.2) is 67.7 Å². The predicted molar refractivity (Wildman–Crippen MR) is 59.2 cm³/mol. The molecule has 0 aliphatic carbocycles. The second-order valence-corrected chi connectivity index (χ2v) is 4.18. The molecule has 20 heavy (non-hydrogen) atoms. The van der Waals surface area contributed by atoms with Gasteiger partial charge in [-0.05, 0) is 0 Å². The van der Waals surface area contributed by atoms with Gasteiger partial charge in [0.1, 0.15) is 24.4 Å². The number of aromatic amines is 1. The van der Waals surface area contributed by atoms with Crippen molar-refractivity contribution in [2.45, 2.75) is 30.7 Å². The highest BCUT2D eigenvalue weighted by Gasteiger charge is 2.45. The fourth-order valence-corrected chi connectivity index (χ4v) is 1.73. The third-order valence-corrected chi connectivity index (χ3v) is 2.81. The number of nitrogens with one attached hydrogen (secondary N) is 1. The Bertz CT molecular complexity index is 523. The summed E-state index contributed by atoms with van der Waals surface area (Å²) >= 11 is 0. The van der Waals surface area contributed by atoms with Crippen LogP contribution in [0, 0.1) is 5.82 Å². The number of H-pyrrole nitrogens is 1. The molecule has 1 aliphatic heterocycles. The molecule has 1 aromatic rings. The number of nitrogens with zero attached hydrogens (tertiary/aromatic N) is 1. The van der Waals surface area contributed by atoms with E-state index in [9.17, 15) is 24.5 Å². The van der Waals surface area contributed by atoms with Crippen molar-refractivity contribution in [1.82, 2.24) is 9.97 Å². The van der Waals surface area contributed by atoms with Crippen molar-refractivity contribution in [3.8, 4) is 5.88 Å². The molecule has 5 atom stereocenters. The SMILES string of the molecule is O=c1ncc(F)c(OC2O[C@H](CO)[C@@H](O)[C@H](O)[C@H]2O)[nH]1. The lowest BCUT2D eigenvalue weighted by atomic mass is 9.99. The summed E-state index contributed by atoms with van der Waals surface area (Å²) in [5.41, 5.74) is -0.883. The van der Waals surface area contributed by atoms with E-state index in [-0.39, 0.29) is 0 Å². The third-order valence-electron chi connectivity index (χ3n) is 2.81. The highest BCUT2D eigenvalue weighted by atomic mass is 19.1. The Morgan fingerprint density at radius 1 is 1.35 bits per heavy atom. The Morgan fingerprint density at radius 3 is 2.70 bits per heavy atom. The van der Waals surface area contributed by atoms with Gasteiger partial charge in [-0.25, -0.2) is 4.79 Å². The van der Waals surface area contributed by atoms with E-state index in [0.29, 0.717) is 6.20 Å². The Hall–Kier alpha value is -1.59. The van der Waals surface area contributed by atoms with Crippen molar-refractivity contribution >= 4 is 0 Å². The monoisotopic (exact) mass is 292 g/mol. The average Bonchev–Trinajstić information content (AvgIpc) is 2.43. The van der Waals surface area contributed by atoms with E-state index in [2.05, 4.69) is 4.98 Å². The summed E-state index contributed by atoms with van der Waals surface area (Å²) in [6.45, 7) is -0.653. The zero-order chi connectivity index (χ0) is 14.9. The number of aromatic nitrogens is 2. The van der Waals surface area contributed by atoms with Gasteiger partial charge in [0.15, 0.2) is 0 Å². The molecule has 0 bridgehead atoms. The summed E-state index contributed by atoms with van der Waals surface area (Å²) in [4.78, 5) is 16.0. The molecule has 5 N–H and O–H groups in total. The van der Waals surface area contributed by atoms with Crippen molar-refractivity contribution in [3.63, 3.8) is 0 Å².